The number of rotatable bonds is 2. The number of hydrogen-bond donors (Lipinski definition) is 0. The predicted molar refractivity (Wildman–Crippen MR) is 33.9 cm³/mol. The molecule has 1 unspecified atom stereocenters. The Morgan fingerprint density at radius 2 is 2.40 bits per heavy atom. The van der Waals surface area contributed by atoms with E-state index in [0.717, 1.165) is 0 Å². The van der Waals surface area contributed by atoms with Gasteiger partial charge < -0.3 is 8.74 Å². The Balaban J connectivity index is 0.000000810. The fourth-order valence-electron chi connectivity index (χ4n) is 0.378. The van der Waals surface area contributed by atoms with E-state index in [1.54, 1.807) is 17.5 Å². The standard InChI is InChI=1S/C4H4O3S2.Ag/c5-9(6)7-4-2-1-3-8-4;/h1-3H,(H,5,6);/p-1. The summed E-state index contributed by atoms with van der Waals surface area (Å²) in [5.74, 6) is 0. The largest absolute Gasteiger partial charge is 0.740 e. The molecule has 0 bridgehead atoms. The van der Waals surface area contributed by atoms with Crippen LogP contribution >= 0.6 is 11.3 Å². The average Bonchev–Trinajstić information content (AvgIpc) is 2.15. The van der Waals surface area contributed by atoms with Gasteiger partial charge in [0.15, 0.2) is 5.06 Å². The average molecular weight is 271 g/mol. The smallest absolute Gasteiger partial charge is 0.192 e. The fourth-order valence-corrected chi connectivity index (χ4v) is 1.34. The molecule has 1 atom stereocenters. The van der Waals surface area contributed by atoms with E-state index in [9.17, 15) is 8.76 Å². The molecule has 61 valence electrons. The van der Waals surface area contributed by atoms with Crippen molar-refractivity contribution < 1.29 is 35.3 Å². The van der Waals surface area contributed by atoms with Crippen LogP contribution in [0.25, 0.3) is 0 Å². The molecule has 1 radical (unpaired) electrons. The van der Waals surface area contributed by atoms with Gasteiger partial charge in [0, 0.05) is 22.4 Å². The van der Waals surface area contributed by atoms with E-state index in [4.69, 9.17) is 0 Å². The van der Waals surface area contributed by atoms with Crippen LogP contribution in [0.5, 0.6) is 5.06 Å². The minimum absolute atomic E-state index is 0. The maximum Gasteiger partial charge on any atom is 0.192 e. The first-order chi connectivity index (χ1) is 4.29. The van der Waals surface area contributed by atoms with Crippen molar-refractivity contribution in [3.8, 4) is 5.06 Å². The summed E-state index contributed by atoms with van der Waals surface area (Å²) in [7, 11) is 0. The van der Waals surface area contributed by atoms with Crippen LogP contribution in [0.4, 0.5) is 0 Å². The Kier molecular flexibility index (Phi) is 5.24. The van der Waals surface area contributed by atoms with Gasteiger partial charge >= 0.3 is 0 Å². The van der Waals surface area contributed by atoms with E-state index < -0.39 is 11.4 Å². The fraction of sp³-hybridized carbons (Fsp3) is 0. The monoisotopic (exact) mass is 270 g/mol. The third-order valence-corrected chi connectivity index (χ3v) is 1.81. The van der Waals surface area contributed by atoms with Crippen molar-refractivity contribution in [1.29, 1.82) is 0 Å². The Morgan fingerprint density at radius 3 is 2.80 bits per heavy atom. The second-order valence-electron chi connectivity index (χ2n) is 1.22. The molecular formula is C4H3AgO3S2-. The topological polar surface area (TPSA) is 49.4 Å². The van der Waals surface area contributed by atoms with Crippen LogP contribution in [-0.2, 0) is 33.7 Å². The molecule has 1 rings (SSSR count). The van der Waals surface area contributed by atoms with E-state index >= 15 is 0 Å². The first-order valence-electron chi connectivity index (χ1n) is 2.10. The van der Waals surface area contributed by atoms with Gasteiger partial charge in [0.25, 0.3) is 0 Å². The molecule has 0 saturated carbocycles. The van der Waals surface area contributed by atoms with Crippen LogP contribution < -0.4 is 4.18 Å². The maximum absolute atomic E-state index is 9.85. The van der Waals surface area contributed by atoms with Gasteiger partial charge in [0.1, 0.15) is 11.4 Å². The van der Waals surface area contributed by atoms with Crippen molar-refractivity contribution in [2.45, 2.75) is 0 Å². The third kappa shape index (κ3) is 3.50. The Morgan fingerprint density at radius 1 is 1.70 bits per heavy atom. The van der Waals surface area contributed by atoms with E-state index in [1.165, 1.54) is 11.3 Å². The van der Waals surface area contributed by atoms with Gasteiger partial charge in [-0.15, -0.1) is 11.3 Å². The molecule has 0 fully saturated rings. The summed E-state index contributed by atoms with van der Waals surface area (Å²) in [5.41, 5.74) is 0. The third-order valence-electron chi connectivity index (χ3n) is 0.645. The summed E-state index contributed by atoms with van der Waals surface area (Å²) in [5, 5.41) is 2.13. The van der Waals surface area contributed by atoms with Gasteiger partial charge in [0.2, 0.25) is 0 Å². The van der Waals surface area contributed by atoms with Crippen molar-refractivity contribution in [2.75, 3.05) is 0 Å². The molecule has 0 amide bonds. The summed E-state index contributed by atoms with van der Waals surface area (Å²) in [6.07, 6.45) is 0. The quantitative estimate of drug-likeness (QED) is 0.593. The summed E-state index contributed by atoms with van der Waals surface area (Å²) in [6.45, 7) is 0. The normalized spacial score (nSPS) is 11.7. The minimum Gasteiger partial charge on any atom is -0.740 e. The molecule has 1 heterocycles. The molecule has 3 nitrogen and oxygen atoms in total. The van der Waals surface area contributed by atoms with Gasteiger partial charge in [-0.2, -0.15) is 0 Å². The first-order valence-corrected chi connectivity index (χ1v) is 3.98. The van der Waals surface area contributed by atoms with Crippen molar-refractivity contribution in [3.05, 3.63) is 17.5 Å². The molecule has 10 heavy (non-hydrogen) atoms. The van der Waals surface area contributed by atoms with E-state index in [0.29, 0.717) is 5.06 Å². The van der Waals surface area contributed by atoms with Crippen molar-refractivity contribution in [1.82, 2.24) is 0 Å². The molecule has 0 aliphatic rings. The zero-order valence-electron chi connectivity index (χ0n) is 4.57. The SMILES string of the molecule is O=S([O-])Oc1cccs1.[Ag]. The molecule has 0 aliphatic heterocycles. The van der Waals surface area contributed by atoms with Crippen molar-refractivity contribution >= 4 is 22.7 Å². The molecule has 0 saturated heterocycles. The van der Waals surface area contributed by atoms with E-state index in [-0.39, 0.29) is 22.4 Å². The summed E-state index contributed by atoms with van der Waals surface area (Å²) in [4.78, 5) is 0. The molecule has 0 aromatic carbocycles. The Labute approximate surface area is 80.4 Å². The summed E-state index contributed by atoms with van der Waals surface area (Å²) in [6, 6.07) is 3.30. The first kappa shape index (κ1) is 10.4. The van der Waals surface area contributed by atoms with Crippen LogP contribution in [0, 0.1) is 0 Å². The predicted octanol–water partition coefficient (Wildman–Crippen LogP) is 0.919. The van der Waals surface area contributed by atoms with Gasteiger partial charge in [0.05, 0.1) is 0 Å². The van der Waals surface area contributed by atoms with Crippen molar-refractivity contribution in [3.63, 3.8) is 0 Å². The van der Waals surface area contributed by atoms with Crippen molar-refractivity contribution in [2.24, 2.45) is 0 Å². The molecular weight excluding hydrogens is 268 g/mol. The second-order valence-corrected chi connectivity index (χ2v) is 2.70. The van der Waals surface area contributed by atoms with Crippen LogP contribution in [0.15, 0.2) is 17.5 Å². The molecule has 1 aromatic rings. The zero-order chi connectivity index (χ0) is 6.69. The molecule has 0 N–H and O–H groups in total. The van der Waals surface area contributed by atoms with E-state index in [1.807, 2.05) is 0 Å². The Hall–Kier alpha value is 0.350. The molecule has 0 spiro atoms. The summed E-state index contributed by atoms with van der Waals surface area (Å²) < 4.78 is 24.0. The van der Waals surface area contributed by atoms with Gasteiger partial charge in [-0.25, -0.2) is 4.21 Å². The van der Waals surface area contributed by atoms with Crippen LogP contribution in [0.3, 0.4) is 0 Å². The number of hydrogen-bond acceptors (Lipinski definition) is 4. The molecule has 1 aromatic heterocycles. The molecule has 6 heteroatoms. The van der Waals surface area contributed by atoms with Crippen LogP contribution in [0.1, 0.15) is 0 Å². The Bertz CT molecular complexity index is 198. The second kappa shape index (κ2) is 5.06. The maximum atomic E-state index is 9.85. The summed E-state index contributed by atoms with van der Waals surface area (Å²) >= 11 is -1.20. The van der Waals surface area contributed by atoms with E-state index in [2.05, 4.69) is 4.18 Å². The van der Waals surface area contributed by atoms with Crippen LogP contribution in [0.2, 0.25) is 0 Å². The minimum atomic E-state index is -2.43. The van der Waals surface area contributed by atoms with Crippen LogP contribution in [-0.4, -0.2) is 8.76 Å². The van der Waals surface area contributed by atoms with Gasteiger partial charge in [-0.1, -0.05) is 0 Å². The van der Waals surface area contributed by atoms with Gasteiger partial charge in [-0.05, 0) is 17.5 Å². The zero-order valence-corrected chi connectivity index (χ0v) is 7.69. The van der Waals surface area contributed by atoms with Gasteiger partial charge in [-0.3, -0.25) is 0 Å². The molecule has 0 aliphatic carbocycles. The number of thiophene rings is 1.